The Hall–Kier alpha value is -1.11. The third kappa shape index (κ3) is 3.31. The molecule has 0 aromatic heterocycles. The smallest absolute Gasteiger partial charge is 0.242 e. The van der Waals surface area contributed by atoms with Crippen LogP contribution in [0.15, 0.2) is 29.2 Å². The third-order valence-corrected chi connectivity index (χ3v) is 5.43. The monoisotopic (exact) mass is 298 g/mol. The average Bonchev–Trinajstić information content (AvgIpc) is 2.84. The predicted octanol–water partition coefficient (Wildman–Crippen LogP) is 1.92. The van der Waals surface area contributed by atoms with E-state index >= 15 is 0 Å². The van der Waals surface area contributed by atoms with Crippen LogP contribution in [0.5, 0.6) is 0 Å². The molecule has 0 saturated carbocycles. The van der Waals surface area contributed by atoms with Gasteiger partial charge >= 0.3 is 0 Å². The van der Waals surface area contributed by atoms with Gasteiger partial charge in [-0.15, -0.1) is 0 Å². The summed E-state index contributed by atoms with van der Waals surface area (Å²) >= 11 is 0. The Morgan fingerprint density at radius 2 is 1.95 bits per heavy atom. The number of rotatable bonds is 5. The molecule has 1 saturated heterocycles. The molecule has 0 bridgehead atoms. The largest absolute Gasteiger partial charge is 0.382 e. The van der Waals surface area contributed by atoms with Crippen LogP contribution in [0.4, 0.5) is 5.69 Å². The van der Waals surface area contributed by atoms with Crippen molar-refractivity contribution in [1.82, 2.24) is 4.31 Å². The first kappa shape index (κ1) is 15.3. The average molecular weight is 298 g/mol. The summed E-state index contributed by atoms with van der Waals surface area (Å²) in [6.07, 6.45) is 2.14. The maximum Gasteiger partial charge on any atom is 0.242 e. The molecule has 0 amide bonds. The number of nitrogens with zero attached hydrogens (tertiary/aromatic N) is 1. The van der Waals surface area contributed by atoms with E-state index in [1.54, 1.807) is 24.3 Å². The van der Waals surface area contributed by atoms with Gasteiger partial charge in [0.1, 0.15) is 0 Å². The summed E-state index contributed by atoms with van der Waals surface area (Å²) in [6, 6.07) is 6.81. The van der Waals surface area contributed by atoms with E-state index in [4.69, 9.17) is 4.74 Å². The lowest BCUT2D eigenvalue weighted by Crippen LogP contribution is -2.32. The second kappa shape index (κ2) is 5.71. The van der Waals surface area contributed by atoms with Crippen molar-refractivity contribution in [2.24, 2.45) is 0 Å². The van der Waals surface area contributed by atoms with Gasteiger partial charge in [0.05, 0.1) is 10.5 Å². The number of benzene rings is 1. The van der Waals surface area contributed by atoms with Crippen LogP contribution in [0.2, 0.25) is 0 Å². The van der Waals surface area contributed by atoms with Crippen LogP contribution in [0.3, 0.4) is 0 Å². The van der Waals surface area contributed by atoms with Crippen LogP contribution >= 0.6 is 0 Å². The third-order valence-electron chi connectivity index (χ3n) is 3.60. The number of sulfonamides is 1. The molecule has 0 radical (unpaired) electrons. The Morgan fingerprint density at radius 1 is 1.30 bits per heavy atom. The molecule has 20 heavy (non-hydrogen) atoms. The maximum atomic E-state index is 11.9. The highest BCUT2D eigenvalue weighted by atomic mass is 32.2. The Bertz CT molecular complexity index is 546. The minimum atomic E-state index is -3.36. The van der Waals surface area contributed by atoms with Crippen molar-refractivity contribution in [2.75, 3.05) is 32.6 Å². The molecule has 112 valence electrons. The number of ether oxygens (including phenoxy) is 1. The molecule has 1 fully saturated rings. The Balaban J connectivity index is 2.02. The van der Waals surface area contributed by atoms with E-state index in [-0.39, 0.29) is 5.60 Å². The first-order valence-electron chi connectivity index (χ1n) is 6.74. The SMILES string of the molecule is CN(C)S(=O)(=O)c1ccc(NCC2(C)CCCO2)cc1. The van der Waals surface area contributed by atoms with Crippen LogP contribution in [0.25, 0.3) is 0 Å². The van der Waals surface area contributed by atoms with Gasteiger partial charge in [-0.2, -0.15) is 0 Å². The molecule has 0 aliphatic carbocycles. The summed E-state index contributed by atoms with van der Waals surface area (Å²) < 4.78 is 30.8. The van der Waals surface area contributed by atoms with Crippen LogP contribution in [0, 0.1) is 0 Å². The normalized spacial score (nSPS) is 23.2. The number of hydrogen-bond donors (Lipinski definition) is 1. The molecule has 1 aliphatic heterocycles. The lowest BCUT2D eigenvalue weighted by molar-refractivity contribution is 0.0315. The number of nitrogens with one attached hydrogen (secondary N) is 1. The predicted molar refractivity (Wildman–Crippen MR) is 79.4 cm³/mol. The zero-order chi connectivity index (χ0) is 14.8. The standard InChI is InChI=1S/C14H22N2O3S/c1-14(9-4-10-19-14)11-15-12-5-7-13(8-6-12)20(17,18)16(2)3/h5-8,15H,4,9-11H2,1-3H3. The van der Waals surface area contributed by atoms with Gasteiger partial charge in [-0.25, -0.2) is 12.7 Å². The van der Waals surface area contributed by atoms with E-state index in [0.29, 0.717) is 4.90 Å². The van der Waals surface area contributed by atoms with Crippen LogP contribution in [-0.2, 0) is 14.8 Å². The van der Waals surface area contributed by atoms with Crippen molar-refractivity contribution >= 4 is 15.7 Å². The van der Waals surface area contributed by atoms with Gasteiger partial charge in [0.15, 0.2) is 0 Å². The minimum Gasteiger partial charge on any atom is -0.382 e. The molecule has 6 heteroatoms. The summed E-state index contributed by atoms with van der Waals surface area (Å²) in [4.78, 5) is 0.302. The topological polar surface area (TPSA) is 58.6 Å². The van der Waals surface area contributed by atoms with E-state index in [1.165, 1.54) is 18.4 Å². The molecule has 5 nitrogen and oxygen atoms in total. The highest BCUT2D eigenvalue weighted by Gasteiger charge is 2.29. The van der Waals surface area contributed by atoms with E-state index in [1.807, 2.05) is 0 Å². The molecule has 1 aromatic rings. The fourth-order valence-corrected chi connectivity index (χ4v) is 3.12. The fourth-order valence-electron chi connectivity index (χ4n) is 2.22. The molecular formula is C14H22N2O3S. The van der Waals surface area contributed by atoms with Crippen molar-refractivity contribution in [1.29, 1.82) is 0 Å². The molecular weight excluding hydrogens is 276 g/mol. The summed E-state index contributed by atoms with van der Waals surface area (Å²) in [7, 11) is -0.300. The Kier molecular flexibility index (Phi) is 4.36. The Labute approximate surface area is 121 Å². The molecule has 1 aromatic carbocycles. The fraction of sp³-hybridized carbons (Fsp3) is 0.571. The van der Waals surface area contributed by atoms with E-state index in [0.717, 1.165) is 31.7 Å². The van der Waals surface area contributed by atoms with Crippen LogP contribution < -0.4 is 5.32 Å². The number of hydrogen-bond acceptors (Lipinski definition) is 4. The quantitative estimate of drug-likeness (QED) is 0.902. The lowest BCUT2D eigenvalue weighted by Gasteiger charge is -2.24. The lowest BCUT2D eigenvalue weighted by atomic mass is 10.0. The summed E-state index contributed by atoms with van der Waals surface area (Å²) in [5.41, 5.74) is 0.786. The van der Waals surface area contributed by atoms with Crippen molar-refractivity contribution < 1.29 is 13.2 Å². The molecule has 1 atom stereocenters. The maximum absolute atomic E-state index is 11.9. The second-order valence-electron chi connectivity index (χ2n) is 5.57. The van der Waals surface area contributed by atoms with Crippen LogP contribution in [-0.4, -0.2) is 45.6 Å². The summed E-state index contributed by atoms with van der Waals surface area (Å²) in [5, 5.41) is 3.30. The van der Waals surface area contributed by atoms with Gasteiger partial charge < -0.3 is 10.1 Å². The molecule has 2 rings (SSSR count). The number of anilines is 1. The first-order valence-corrected chi connectivity index (χ1v) is 8.18. The minimum absolute atomic E-state index is 0.117. The van der Waals surface area contributed by atoms with Gasteiger partial charge in [-0.05, 0) is 44.0 Å². The zero-order valence-electron chi connectivity index (χ0n) is 12.2. The van der Waals surface area contributed by atoms with E-state index in [9.17, 15) is 8.42 Å². The van der Waals surface area contributed by atoms with Crippen LogP contribution in [0.1, 0.15) is 19.8 Å². The van der Waals surface area contributed by atoms with E-state index < -0.39 is 10.0 Å². The van der Waals surface area contributed by atoms with Gasteiger partial charge in [-0.1, -0.05) is 0 Å². The van der Waals surface area contributed by atoms with Gasteiger partial charge in [0.25, 0.3) is 0 Å². The molecule has 1 N–H and O–H groups in total. The van der Waals surface area contributed by atoms with Crippen molar-refractivity contribution in [2.45, 2.75) is 30.3 Å². The second-order valence-corrected chi connectivity index (χ2v) is 7.72. The van der Waals surface area contributed by atoms with Crippen molar-refractivity contribution in [3.63, 3.8) is 0 Å². The summed E-state index contributed by atoms with van der Waals surface area (Å²) in [6.45, 7) is 3.64. The van der Waals surface area contributed by atoms with Crippen molar-refractivity contribution in [3.05, 3.63) is 24.3 Å². The van der Waals surface area contributed by atoms with Crippen molar-refractivity contribution in [3.8, 4) is 0 Å². The van der Waals surface area contributed by atoms with Gasteiger partial charge in [0.2, 0.25) is 10.0 Å². The molecule has 1 aliphatic rings. The zero-order valence-corrected chi connectivity index (χ0v) is 13.0. The Morgan fingerprint density at radius 3 is 2.45 bits per heavy atom. The van der Waals surface area contributed by atoms with Gasteiger partial charge in [-0.3, -0.25) is 0 Å². The highest BCUT2D eigenvalue weighted by Crippen LogP contribution is 2.25. The molecule has 0 spiro atoms. The molecule has 1 unspecified atom stereocenters. The summed E-state index contributed by atoms with van der Waals surface area (Å²) in [5.74, 6) is 0. The molecule has 1 heterocycles. The first-order chi connectivity index (χ1) is 9.33. The highest BCUT2D eigenvalue weighted by molar-refractivity contribution is 7.89. The van der Waals surface area contributed by atoms with Gasteiger partial charge in [0, 0.05) is 32.9 Å². The van der Waals surface area contributed by atoms with E-state index in [2.05, 4.69) is 12.2 Å².